The van der Waals surface area contributed by atoms with Crippen LogP contribution in [-0.4, -0.2) is 6.54 Å². The van der Waals surface area contributed by atoms with Crippen molar-refractivity contribution in [3.8, 4) is 0 Å². The lowest BCUT2D eigenvalue weighted by atomic mass is 9.79. The summed E-state index contributed by atoms with van der Waals surface area (Å²) >= 11 is 0. The second-order valence-corrected chi connectivity index (χ2v) is 5.45. The van der Waals surface area contributed by atoms with E-state index in [2.05, 4.69) is 25.1 Å². The van der Waals surface area contributed by atoms with Gasteiger partial charge >= 0.3 is 0 Å². The van der Waals surface area contributed by atoms with Crippen LogP contribution in [-0.2, 0) is 12.8 Å². The van der Waals surface area contributed by atoms with Crippen molar-refractivity contribution in [3.63, 3.8) is 0 Å². The van der Waals surface area contributed by atoms with Crippen molar-refractivity contribution in [2.75, 3.05) is 6.54 Å². The minimum atomic E-state index is 0.608. The van der Waals surface area contributed by atoms with Crippen molar-refractivity contribution in [1.82, 2.24) is 0 Å². The number of hydrogen-bond acceptors (Lipinski definition) is 1. The molecule has 0 amide bonds. The summed E-state index contributed by atoms with van der Waals surface area (Å²) in [6.45, 7) is 3.08. The molecule has 0 aromatic heterocycles. The third kappa shape index (κ3) is 1.41. The smallest absolute Gasteiger partial charge is 0.00432 e. The van der Waals surface area contributed by atoms with Crippen LogP contribution in [0.4, 0.5) is 0 Å². The summed E-state index contributed by atoms with van der Waals surface area (Å²) in [5.41, 5.74) is 11.0. The third-order valence-electron chi connectivity index (χ3n) is 4.44. The van der Waals surface area contributed by atoms with E-state index in [4.69, 9.17) is 5.73 Å². The Balaban J connectivity index is 1.88. The lowest BCUT2D eigenvalue weighted by molar-refractivity contribution is 0.395. The molecule has 1 nitrogen and oxygen atoms in total. The van der Waals surface area contributed by atoms with Crippen LogP contribution in [0.5, 0.6) is 0 Å². The van der Waals surface area contributed by atoms with E-state index in [0.29, 0.717) is 5.41 Å². The summed E-state index contributed by atoms with van der Waals surface area (Å²) in [6, 6.07) is 6.94. The number of hydrogen-bond donors (Lipinski definition) is 1. The normalized spacial score (nSPS) is 32.8. The first-order valence-corrected chi connectivity index (χ1v) is 6.02. The average Bonchev–Trinajstić information content (AvgIpc) is 2.92. The van der Waals surface area contributed by atoms with Crippen LogP contribution in [0, 0.1) is 18.3 Å². The van der Waals surface area contributed by atoms with Crippen LogP contribution in [0.25, 0.3) is 0 Å². The predicted molar refractivity (Wildman–Crippen MR) is 62.8 cm³/mol. The zero-order valence-electron chi connectivity index (χ0n) is 9.42. The molecule has 80 valence electrons. The Morgan fingerprint density at radius 3 is 3.00 bits per heavy atom. The van der Waals surface area contributed by atoms with Crippen LogP contribution in [0.1, 0.15) is 29.5 Å². The maximum atomic E-state index is 5.78. The number of rotatable bonds is 1. The summed E-state index contributed by atoms with van der Waals surface area (Å²) in [5, 5.41) is 0. The highest BCUT2D eigenvalue weighted by Gasteiger charge is 2.53. The first-order chi connectivity index (χ1) is 7.23. The van der Waals surface area contributed by atoms with Crippen LogP contribution < -0.4 is 5.73 Å². The van der Waals surface area contributed by atoms with Crippen molar-refractivity contribution >= 4 is 0 Å². The maximum Gasteiger partial charge on any atom is -0.00432 e. The van der Waals surface area contributed by atoms with Gasteiger partial charge in [0.25, 0.3) is 0 Å². The van der Waals surface area contributed by atoms with Crippen molar-refractivity contribution in [2.24, 2.45) is 17.1 Å². The fraction of sp³-hybridized carbons (Fsp3) is 0.571. The third-order valence-corrected chi connectivity index (χ3v) is 4.44. The number of benzene rings is 1. The van der Waals surface area contributed by atoms with E-state index in [9.17, 15) is 0 Å². The van der Waals surface area contributed by atoms with Crippen molar-refractivity contribution < 1.29 is 0 Å². The van der Waals surface area contributed by atoms with Gasteiger partial charge < -0.3 is 5.73 Å². The topological polar surface area (TPSA) is 26.0 Å². The van der Waals surface area contributed by atoms with Crippen molar-refractivity contribution in [2.45, 2.75) is 32.6 Å². The van der Waals surface area contributed by atoms with Gasteiger partial charge in [-0.3, -0.25) is 0 Å². The van der Waals surface area contributed by atoms with Gasteiger partial charge in [-0.1, -0.05) is 23.8 Å². The molecule has 0 aliphatic heterocycles. The molecule has 15 heavy (non-hydrogen) atoms. The largest absolute Gasteiger partial charge is 0.330 e. The van der Waals surface area contributed by atoms with Gasteiger partial charge in [0.05, 0.1) is 0 Å². The molecule has 2 atom stereocenters. The van der Waals surface area contributed by atoms with E-state index < -0.39 is 0 Å². The Labute approximate surface area is 91.7 Å². The lowest BCUT2D eigenvalue weighted by Gasteiger charge is -2.25. The fourth-order valence-electron chi connectivity index (χ4n) is 3.30. The molecule has 0 radical (unpaired) electrons. The van der Waals surface area contributed by atoms with Gasteiger partial charge in [-0.25, -0.2) is 0 Å². The fourth-order valence-corrected chi connectivity index (χ4v) is 3.30. The molecule has 2 unspecified atom stereocenters. The summed E-state index contributed by atoms with van der Waals surface area (Å²) in [7, 11) is 0. The molecule has 1 spiro atoms. The Bertz CT molecular complexity index is 396. The molecular weight excluding hydrogens is 182 g/mol. The molecule has 0 saturated heterocycles. The molecule has 2 aliphatic carbocycles. The summed E-state index contributed by atoms with van der Waals surface area (Å²) in [6.07, 6.45) is 5.29. The summed E-state index contributed by atoms with van der Waals surface area (Å²) < 4.78 is 0. The second-order valence-electron chi connectivity index (χ2n) is 5.45. The predicted octanol–water partition coefficient (Wildman–Crippen LogP) is 2.45. The first-order valence-electron chi connectivity index (χ1n) is 6.02. The Morgan fingerprint density at radius 2 is 2.27 bits per heavy atom. The SMILES string of the molecule is Cc1ccc2c(c1)CCC1(C2)CC1CN. The van der Waals surface area contributed by atoms with Gasteiger partial charge in [0, 0.05) is 0 Å². The van der Waals surface area contributed by atoms with Crippen molar-refractivity contribution in [3.05, 3.63) is 34.9 Å². The molecule has 1 aromatic carbocycles. The number of nitrogens with two attached hydrogens (primary N) is 1. The molecule has 1 fully saturated rings. The van der Waals surface area contributed by atoms with E-state index in [-0.39, 0.29) is 0 Å². The Morgan fingerprint density at radius 1 is 1.40 bits per heavy atom. The van der Waals surface area contributed by atoms with E-state index >= 15 is 0 Å². The molecule has 2 aliphatic rings. The quantitative estimate of drug-likeness (QED) is 0.742. The molecule has 0 heterocycles. The number of fused-ring (bicyclic) bond motifs is 1. The maximum absolute atomic E-state index is 5.78. The van der Waals surface area contributed by atoms with E-state index in [0.717, 1.165) is 12.5 Å². The van der Waals surface area contributed by atoms with Crippen LogP contribution in [0.15, 0.2) is 18.2 Å². The van der Waals surface area contributed by atoms with Crippen LogP contribution >= 0.6 is 0 Å². The molecule has 1 aromatic rings. The van der Waals surface area contributed by atoms with Crippen LogP contribution in [0.2, 0.25) is 0 Å². The minimum absolute atomic E-state index is 0.608. The van der Waals surface area contributed by atoms with Gasteiger partial charge in [0.15, 0.2) is 0 Å². The van der Waals surface area contributed by atoms with Gasteiger partial charge in [-0.05, 0) is 61.6 Å². The Hall–Kier alpha value is -0.820. The van der Waals surface area contributed by atoms with E-state index in [1.165, 1.54) is 31.2 Å². The molecule has 0 bridgehead atoms. The Kier molecular flexibility index (Phi) is 1.93. The highest BCUT2D eigenvalue weighted by molar-refractivity contribution is 5.36. The van der Waals surface area contributed by atoms with Crippen LogP contribution in [0.3, 0.4) is 0 Å². The van der Waals surface area contributed by atoms with Gasteiger partial charge in [0.2, 0.25) is 0 Å². The van der Waals surface area contributed by atoms with E-state index in [1.807, 2.05) is 0 Å². The molecule has 3 rings (SSSR count). The summed E-state index contributed by atoms with van der Waals surface area (Å²) in [5.74, 6) is 0.812. The first kappa shape index (κ1) is 9.41. The molecular formula is C14H19N. The standard InChI is InChI=1S/C14H19N/c1-10-2-3-12-7-14(8-13(14)9-15)5-4-11(12)6-10/h2-3,6,13H,4-5,7-9,15H2,1H3. The average molecular weight is 201 g/mol. The van der Waals surface area contributed by atoms with Gasteiger partial charge in [0.1, 0.15) is 0 Å². The monoisotopic (exact) mass is 201 g/mol. The summed E-state index contributed by atoms with van der Waals surface area (Å²) in [4.78, 5) is 0. The highest BCUT2D eigenvalue weighted by Crippen LogP contribution is 2.59. The van der Waals surface area contributed by atoms with Gasteiger partial charge in [-0.2, -0.15) is 0 Å². The highest BCUT2D eigenvalue weighted by atomic mass is 14.7. The number of aryl methyl sites for hydroxylation is 2. The minimum Gasteiger partial charge on any atom is -0.330 e. The second kappa shape index (κ2) is 3.08. The zero-order chi connectivity index (χ0) is 10.5. The van der Waals surface area contributed by atoms with E-state index in [1.54, 1.807) is 11.1 Å². The molecule has 2 N–H and O–H groups in total. The molecule has 1 heteroatoms. The van der Waals surface area contributed by atoms with Gasteiger partial charge in [-0.15, -0.1) is 0 Å². The molecule has 1 saturated carbocycles. The zero-order valence-corrected chi connectivity index (χ0v) is 9.42. The lowest BCUT2D eigenvalue weighted by Crippen LogP contribution is -2.20. The van der Waals surface area contributed by atoms with Crippen molar-refractivity contribution in [1.29, 1.82) is 0 Å².